The van der Waals surface area contributed by atoms with Crippen molar-refractivity contribution in [1.29, 1.82) is 0 Å². The number of carbonyl (C=O) groups excluding carboxylic acids is 1. The topological polar surface area (TPSA) is 65.0 Å². The van der Waals surface area contributed by atoms with E-state index >= 15 is 0 Å². The molecule has 0 aliphatic heterocycles. The summed E-state index contributed by atoms with van der Waals surface area (Å²) >= 11 is 0. The Hall–Kier alpha value is -2.95. The zero-order chi connectivity index (χ0) is 16.8. The largest absolute Gasteiger partial charge is 0.507 e. The maximum atomic E-state index is 12.2. The number of methoxy groups -OCH3 is 3. The van der Waals surface area contributed by atoms with E-state index in [-0.39, 0.29) is 17.1 Å². The van der Waals surface area contributed by atoms with Crippen molar-refractivity contribution >= 4 is 11.9 Å². The highest BCUT2D eigenvalue weighted by atomic mass is 16.5. The summed E-state index contributed by atoms with van der Waals surface area (Å²) in [5.41, 5.74) is 0.900. The van der Waals surface area contributed by atoms with Crippen molar-refractivity contribution in [3.8, 4) is 23.0 Å². The Morgan fingerprint density at radius 2 is 1.57 bits per heavy atom. The number of benzene rings is 2. The van der Waals surface area contributed by atoms with Gasteiger partial charge in [0.25, 0.3) is 0 Å². The molecule has 23 heavy (non-hydrogen) atoms. The van der Waals surface area contributed by atoms with Crippen LogP contribution < -0.4 is 14.2 Å². The van der Waals surface area contributed by atoms with Gasteiger partial charge in [-0.2, -0.15) is 0 Å². The van der Waals surface area contributed by atoms with Crippen molar-refractivity contribution < 1.29 is 24.1 Å². The van der Waals surface area contributed by atoms with E-state index in [0.29, 0.717) is 22.8 Å². The molecule has 0 spiro atoms. The van der Waals surface area contributed by atoms with E-state index in [4.69, 9.17) is 14.2 Å². The third-order valence-electron chi connectivity index (χ3n) is 3.32. The minimum Gasteiger partial charge on any atom is -0.507 e. The Labute approximate surface area is 134 Å². The van der Waals surface area contributed by atoms with Crippen molar-refractivity contribution in [2.24, 2.45) is 0 Å². The van der Waals surface area contributed by atoms with E-state index in [1.807, 2.05) is 0 Å². The maximum absolute atomic E-state index is 12.2. The molecule has 2 aromatic carbocycles. The second-order valence-corrected chi connectivity index (χ2v) is 4.66. The molecule has 0 radical (unpaired) electrons. The number of rotatable bonds is 6. The van der Waals surface area contributed by atoms with Crippen LogP contribution in [0.5, 0.6) is 23.0 Å². The smallest absolute Gasteiger partial charge is 0.189 e. The SMILES string of the molecule is COc1cc(OC)c(OC)cc1/C=C/C(=O)c1ccccc1O. The summed E-state index contributed by atoms with van der Waals surface area (Å²) in [6.45, 7) is 0. The summed E-state index contributed by atoms with van der Waals surface area (Å²) in [6.07, 6.45) is 2.98. The number of para-hydroxylation sites is 1. The third-order valence-corrected chi connectivity index (χ3v) is 3.32. The van der Waals surface area contributed by atoms with Crippen molar-refractivity contribution in [3.63, 3.8) is 0 Å². The van der Waals surface area contributed by atoms with Gasteiger partial charge in [0, 0.05) is 11.6 Å². The molecule has 0 saturated heterocycles. The molecule has 0 bridgehead atoms. The number of carbonyl (C=O) groups is 1. The molecule has 5 heteroatoms. The molecule has 0 unspecified atom stereocenters. The summed E-state index contributed by atoms with van der Waals surface area (Å²) in [5.74, 6) is 1.25. The van der Waals surface area contributed by atoms with Crippen LogP contribution in [0.2, 0.25) is 0 Å². The number of allylic oxidation sites excluding steroid dienone is 1. The fraction of sp³-hybridized carbons (Fsp3) is 0.167. The number of phenols is 1. The first-order chi connectivity index (χ1) is 11.1. The van der Waals surface area contributed by atoms with Crippen molar-refractivity contribution in [2.75, 3.05) is 21.3 Å². The fourth-order valence-corrected chi connectivity index (χ4v) is 2.12. The van der Waals surface area contributed by atoms with Gasteiger partial charge in [0.05, 0.1) is 26.9 Å². The van der Waals surface area contributed by atoms with E-state index in [1.165, 1.54) is 33.5 Å². The molecule has 2 aromatic rings. The van der Waals surface area contributed by atoms with Gasteiger partial charge in [-0.15, -0.1) is 0 Å². The van der Waals surface area contributed by atoms with Gasteiger partial charge < -0.3 is 19.3 Å². The molecule has 0 atom stereocenters. The molecule has 2 rings (SSSR count). The first kappa shape index (κ1) is 16.4. The standard InChI is InChI=1S/C18H18O5/c1-21-16-11-18(23-3)17(22-2)10-12(16)8-9-15(20)13-6-4-5-7-14(13)19/h4-11,19H,1-3H3/b9-8+. The lowest BCUT2D eigenvalue weighted by atomic mass is 10.1. The fourth-order valence-electron chi connectivity index (χ4n) is 2.12. The lowest BCUT2D eigenvalue weighted by molar-refractivity contribution is 0.104. The minimum absolute atomic E-state index is 0.0542. The Morgan fingerprint density at radius 1 is 0.957 bits per heavy atom. The normalized spacial score (nSPS) is 10.6. The van der Waals surface area contributed by atoms with E-state index in [2.05, 4.69) is 0 Å². The van der Waals surface area contributed by atoms with Crippen molar-refractivity contribution in [1.82, 2.24) is 0 Å². The zero-order valence-corrected chi connectivity index (χ0v) is 13.2. The van der Waals surface area contributed by atoms with E-state index in [1.54, 1.807) is 36.4 Å². The Bertz CT molecular complexity index is 734. The predicted octanol–water partition coefficient (Wildman–Crippen LogP) is 3.31. The molecule has 0 fully saturated rings. The average Bonchev–Trinajstić information content (AvgIpc) is 2.59. The number of hydrogen-bond donors (Lipinski definition) is 1. The maximum Gasteiger partial charge on any atom is 0.189 e. The quantitative estimate of drug-likeness (QED) is 0.654. The number of ether oxygens (including phenoxy) is 3. The first-order valence-corrected chi connectivity index (χ1v) is 6.91. The van der Waals surface area contributed by atoms with Crippen LogP contribution in [0.25, 0.3) is 6.08 Å². The monoisotopic (exact) mass is 314 g/mol. The third kappa shape index (κ3) is 3.63. The molecule has 0 amide bonds. The Kier molecular flexibility index (Phi) is 5.25. The van der Waals surface area contributed by atoms with Crippen molar-refractivity contribution in [2.45, 2.75) is 0 Å². The summed E-state index contributed by atoms with van der Waals surface area (Å²) in [4.78, 5) is 12.2. The second kappa shape index (κ2) is 7.35. The van der Waals surface area contributed by atoms with Crippen LogP contribution in [0, 0.1) is 0 Å². The highest BCUT2D eigenvalue weighted by molar-refractivity contribution is 6.08. The average molecular weight is 314 g/mol. The predicted molar refractivity (Wildman–Crippen MR) is 87.6 cm³/mol. The van der Waals surface area contributed by atoms with Gasteiger partial charge in [-0.05, 0) is 30.4 Å². The van der Waals surface area contributed by atoms with Gasteiger partial charge in [0.1, 0.15) is 11.5 Å². The molecule has 0 saturated carbocycles. The number of hydrogen-bond acceptors (Lipinski definition) is 5. The molecule has 0 aromatic heterocycles. The number of ketones is 1. The van der Waals surface area contributed by atoms with E-state index in [0.717, 1.165) is 0 Å². The summed E-state index contributed by atoms with van der Waals surface area (Å²) < 4.78 is 15.8. The highest BCUT2D eigenvalue weighted by Crippen LogP contribution is 2.35. The van der Waals surface area contributed by atoms with Crippen LogP contribution in [-0.2, 0) is 0 Å². The molecule has 0 aliphatic carbocycles. The van der Waals surface area contributed by atoms with Gasteiger partial charge >= 0.3 is 0 Å². The van der Waals surface area contributed by atoms with Crippen LogP contribution >= 0.6 is 0 Å². The van der Waals surface area contributed by atoms with Gasteiger partial charge in [0.15, 0.2) is 17.3 Å². The summed E-state index contributed by atoms with van der Waals surface area (Å²) in [7, 11) is 4.60. The number of phenolic OH excluding ortho intramolecular Hbond substituents is 1. The minimum atomic E-state index is -0.306. The lowest BCUT2D eigenvalue weighted by Gasteiger charge is -2.12. The zero-order valence-electron chi connectivity index (χ0n) is 13.2. The highest BCUT2D eigenvalue weighted by Gasteiger charge is 2.11. The number of aromatic hydroxyl groups is 1. The Balaban J connectivity index is 2.35. The second-order valence-electron chi connectivity index (χ2n) is 4.66. The van der Waals surface area contributed by atoms with Gasteiger partial charge in [-0.25, -0.2) is 0 Å². The van der Waals surface area contributed by atoms with Crippen LogP contribution in [-0.4, -0.2) is 32.2 Å². The van der Waals surface area contributed by atoms with E-state index in [9.17, 15) is 9.90 Å². The summed E-state index contributed by atoms with van der Waals surface area (Å²) in [5, 5.41) is 9.71. The van der Waals surface area contributed by atoms with Crippen LogP contribution in [0.1, 0.15) is 15.9 Å². The summed E-state index contributed by atoms with van der Waals surface area (Å²) in [6, 6.07) is 9.78. The van der Waals surface area contributed by atoms with Crippen LogP contribution in [0.3, 0.4) is 0 Å². The molecule has 5 nitrogen and oxygen atoms in total. The van der Waals surface area contributed by atoms with Crippen LogP contribution in [0.15, 0.2) is 42.5 Å². The van der Waals surface area contributed by atoms with Crippen LogP contribution in [0.4, 0.5) is 0 Å². The first-order valence-electron chi connectivity index (χ1n) is 6.91. The van der Waals surface area contributed by atoms with Gasteiger partial charge in [0.2, 0.25) is 0 Å². The molecule has 0 aliphatic rings. The Morgan fingerprint density at radius 3 is 2.17 bits per heavy atom. The molecule has 1 N–H and O–H groups in total. The molecule has 0 heterocycles. The van der Waals surface area contributed by atoms with Gasteiger partial charge in [-0.1, -0.05) is 12.1 Å². The van der Waals surface area contributed by atoms with E-state index < -0.39 is 0 Å². The molecule has 120 valence electrons. The lowest BCUT2D eigenvalue weighted by Crippen LogP contribution is -1.96. The molecular weight excluding hydrogens is 296 g/mol. The molecular formula is C18H18O5. The van der Waals surface area contributed by atoms with Gasteiger partial charge in [-0.3, -0.25) is 4.79 Å². The van der Waals surface area contributed by atoms with Crippen molar-refractivity contribution in [3.05, 3.63) is 53.6 Å².